The van der Waals surface area contributed by atoms with Crippen LogP contribution < -0.4 is 24.8 Å². The van der Waals surface area contributed by atoms with Gasteiger partial charge in [0.1, 0.15) is 5.76 Å². The number of amides is 1. The second kappa shape index (κ2) is 8.34. The van der Waals surface area contributed by atoms with Crippen molar-refractivity contribution < 1.29 is 23.5 Å². The van der Waals surface area contributed by atoms with Crippen LogP contribution in [-0.4, -0.2) is 32.4 Å². The first-order valence-corrected chi connectivity index (χ1v) is 8.45. The van der Waals surface area contributed by atoms with Crippen LogP contribution in [0.15, 0.2) is 47.0 Å². The summed E-state index contributed by atoms with van der Waals surface area (Å²) < 4.78 is 20.9. The van der Waals surface area contributed by atoms with E-state index in [0.29, 0.717) is 34.3 Å². The molecule has 0 aliphatic heterocycles. The molecule has 0 spiro atoms. The molecule has 3 rings (SSSR count). The molecule has 1 heterocycles. The number of anilines is 3. The fourth-order valence-electron chi connectivity index (χ4n) is 2.63. The first-order valence-electron chi connectivity index (χ1n) is 8.45. The van der Waals surface area contributed by atoms with Gasteiger partial charge in [-0.2, -0.15) is 0 Å². The fourth-order valence-corrected chi connectivity index (χ4v) is 2.63. The number of carbonyl (C=O) groups is 1. The number of aromatic nitrogens is 1. The van der Waals surface area contributed by atoms with Gasteiger partial charge in [0.2, 0.25) is 5.75 Å². The Balaban J connectivity index is 1.74. The molecule has 2 aromatic carbocycles. The molecule has 1 aromatic heterocycles. The van der Waals surface area contributed by atoms with Crippen molar-refractivity contribution in [2.24, 2.45) is 0 Å². The van der Waals surface area contributed by atoms with Gasteiger partial charge in [0.25, 0.3) is 5.91 Å². The van der Waals surface area contributed by atoms with Crippen molar-refractivity contribution in [1.82, 2.24) is 5.16 Å². The molecule has 0 aliphatic carbocycles. The summed E-state index contributed by atoms with van der Waals surface area (Å²) in [5, 5.41) is 9.83. The van der Waals surface area contributed by atoms with E-state index in [1.807, 2.05) is 19.1 Å². The van der Waals surface area contributed by atoms with Crippen molar-refractivity contribution >= 4 is 23.1 Å². The molecule has 28 heavy (non-hydrogen) atoms. The number of hydrogen-bond acceptors (Lipinski definition) is 7. The van der Waals surface area contributed by atoms with E-state index in [2.05, 4.69) is 15.8 Å². The van der Waals surface area contributed by atoms with Crippen LogP contribution in [0.25, 0.3) is 0 Å². The lowest BCUT2D eigenvalue weighted by atomic mass is 10.1. The lowest BCUT2D eigenvalue weighted by Crippen LogP contribution is -2.12. The minimum Gasteiger partial charge on any atom is -0.493 e. The van der Waals surface area contributed by atoms with E-state index < -0.39 is 0 Å². The Labute approximate surface area is 162 Å². The van der Waals surface area contributed by atoms with Gasteiger partial charge in [-0.25, -0.2) is 0 Å². The van der Waals surface area contributed by atoms with Gasteiger partial charge in [-0.05, 0) is 43.3 Å². The number of methoxy groups -OCH3 is 3. The van der Waals surface area contributed by atoms with E-state index in [9.17, 15) is 4.79 Å². The van der Waals surface area contributed by atoms with E-state index in [1.165, 1.54) is 21.3 Å². The Morgan fingerprint density at radius 2 is 1.54 bits per heavy atom. The zero-order valence-corrected chi connectivity index (χ0v) is 16.0. The molecule has 8 nitrogen and oxygen atoms in total. The SMILES string of the molecule is COc1cc(C(=O)Nc2ccc(Nc3cc(C)on3)cc2)cc(OC)c1OC. The molecule has 0 fully saturated rings. The van der Waals surface area contributed by atoms with Gasteiger partial charge in [-0.15, -0.1) is 0 Å². The lowest BCUT2D eigenvalue weighted by Gasteiger charge is -2.14. The highest BCUT2D eigenvalue weighted by atomic mass is 16.5. The number of rotatable bonds is 7. The van der Waals surface area contributed by atoms with E-state index in [1.54, 1.807) is 30.3 Å². The number of carbonyl (C=O) groups excluding carboxylic acids is 1. The number of hydrogen-bond donors (Lipinski definition) is 2. The molecule has 8 heteroatoms. The number of benzene rings is 2. The third-order valence-electron chi connectivity index (χ3n) is 3.97. The predicted octanol–water partition coefficient (Wildman–Crippen LogP) is 4.00. The Morgan fingerprint density at radius 1 is 0.929 bits per heavy atom. The Bertz CT molecular complexity index is 941. The van der Waals surface area contributed by atoms with Gasteiger partial charge in [0.05, 0.1) is 21.3 Å². The highest BCUT2D eigenvalue weighted by Gasteiger charge is 2.17. The van der Waals surface area contributed by atoms with Gasteiger partial charge in [-0.3, -0.25) is 4.79 Å². The lowest BCUT2D eigenvalue weighted by molar-refractivity contribution is 0.102. The standard InChI is InChI=1S/C20H21N3O5/c1-12-9-18(23-28-12)21-14-5-7-15(8-6-14)22-20(24)13-10-16(25-2)19(27-4)17(11-13)26-3/h5-11H,1-4H3,(H,21,23)(H,22,24). The summed E-state index contributed by atoms with van der Waals surface area (Å²) in [6, 6.07) is 12.2. The molecule has 0 saturated heterocycles. The normalized spacial score (nSPS) is 10.3. The van der Waals surface area contributed by atoms with Crippen LogP contribution in [0.4, 0.5) is 17.2 Å². The van der Waals surface area contributed by atoms with Gasteiger partial charge in [0.15, 0.2) is 17.3 Å². The third-order valence-corrected chi connectivity index (χ3v) is 3.97. The maximum Gasteiger partial charge on any atom is 0.255 e. The number of aryl methyl sites for hydroxylation is 1. The minimum absolute atomic E-state index is 0.299. The van der Waals surface area contributed by atoms with Crippen LogP contribution in [0.2, 0.25) is 0 Å². The first kappa shape index (κ1) is 19.1. The number of nitrogens with zero attached hydrogens (tertiary/aromatic N) is 1. The van der Waals surface area contributed by atoms with E-state index in [0.717, 1.165) is 11.4 Å². The van der Waals surface area contributed by atoms with Gasteiger partial charge >= 0.3 is 0 Å². The molecular formula is C20H21N3O5. The van der Waals surface area contributed by atoms with E-state index >= 15 is 0 Å². The zero-order valence-electron chi connectivity index (χ0n) is 16.0. The van der Waals surface area contributed by atoms with Crippen LogP contribution in [0.5, 0.6) is 17.2 Å². The van der Waals surface area contributed by atoms with Crippen molar-refractivity contribution in [3.05, 3.63) is 53.8 Å². The summed E-state index contributed by atoms with van der Waals surface area (Å²) in [5.41, 5.74) is 1.84. The Morgan fingerprint density at radius 3 is 2.04 bits per heavy atom. The maximum atomic E-state index is 12.6. The van der Waals surface area contributed by atoms with Crippen LogP contribution in [0.3, 0.4) is 0 Å². The van der Waals surface area contributed by atoms with Crippen molar-refractivity contribution in [2.75, 3.05) is 32.0 Å². The molecule has 0 unspecified atom stereocenters. The molecule has 0 saturated carbocycles. The summed E-state index contributed by atoms with van der Waals surface area (Å²) in [4.78, 5) is 12.6. The van der Waals surface area contributed by atoms with Crippen molar-refractivity contribution in [3.8, 4) is 17.2 Å². The highest BCUT2D eigenvalue weighted by Crippen LogP contribution is 2.38. The highest BCUT2D eigenvalue weighted by molar-refractivity contribution is 6.05. The van der Waals surface area contributed by atoms with E-state index in [4.69, 9.17) is 18.7 Å². The summed E-state index contributed by atoms with van der Waals surface area (Å²) >= 11 is 0. The Hall–Kier alpha value is -3.68. The summed E-state index contributed by atoms with van der Waals surface area (Å²) in [6.45, 7) is 1.82. The summed E-state index contributed by atoms with van der Waals surface area (Å²) in [7, 11) is 4.51. The second-order valence-corrected chi connectivity index (χ2v) is 5.89. The van der Waals surface area contributed by atoms with Gasteiger partial charge in [0, 0.05) is 23.0 Å². The van der Waals surface area contributed by atoms with Crippen LogP contribution >= 0.6 is 0 Å². The second-order valence-electron chi connectivity index (χ2n) is 5.89. The van der Waals surface area contributed by atoms with Crippen molar-refractivity contribution in [2.45, 2.75) is 6.92 Å². The minimum atomic E-state index is -0.299. The molecule has 146 valence electrons. The molecule has 0 atom stereocenters. The molecular weight excluding hydrogens is 362 g/mol. The monoisotopic (exact) mass is 383 g/mol. The molecule has 1 amide bonds. The topological polar surface area (TPSA) is 94.9 Å². The molecule has 3 aromatic rings. The van der Waals surface area contributed by atoms with Crippen molar-refractivity contribution in [3.63, 3.8) is 0 Å². The zero-order chi connectivity index (χ0) is 20.1. The summed E-state index contributed by atoms with van der Waals surface area (Å²) in [6.07, 6.45) is 0. The number of ether oxygens (including phenoxy) is 3. The average molecular weight is 383 g/mol. The van der Waals surface area contributed by atoms with Crippen LogP contribution in [0, 0.1) is 6.92 Å². The molecule has 0 aliphatic rings. The van der Waals surface area contributed by atoms with Gasteiger partial charge in [-0.1, -0.05) is 5.16 Å². The Kier molecular flexibility index (Phi) is 5.69. The van der Waals surface area contributed by atoms with E-state index in [-0.39, 0.29) is 5.91 Å². The first-order chi connectivity index (χ1) is 13.5. The molecule has 0 radical (unpaired) electrons. The summed E-state index contributed by atoms with van der Waals surface area (Å²) in [5.74, 6) is 2.29. The third kappa shape index (κ3) is 4.17. The number of nitrogens with one attached hydrogen (secondary N) is 2. The van der Waals surface area contributed by atoms with Crippen LogP contribution in [-0.2, 0) is 0 Å². The predicted molar refractivity (Wildman–Crippen MR) is 105 cm³/mol. The largest absolute Gasteiger partial charge is 0.493 e. The fraction of sp³-hybridized carbons (Fsp3) is 0.200. The van der Waals surface area contributed by atoms with Crippen LogP contribution in [0.1, 0.15) is 16.1 Å². The molecule has 0 bridgehead atoms. The average Bonchev–Trinajstić information content (AvgIpc) is 3.12. The van der Waals surface area contributed by atoms with Gasteiger partial charge < -0.3 is 29.4 Å². The quantitative estimate of drug-likeness (QED) is 0.636. The van der Waals surface area contributed by atoms with Crippen molar-refractivity contribution in [1.29, 1.82) is 0 Å². The smallest absolute Gasteiger partial charge is 0.255 e. The maximum absolute atomic E-state index is 12.6. The molecule has 2 N–H and O–H groups in total.